The van der Waals surface area contributed by atoms with Crippen LogP contribution in [0, 0.1) is 0 Å². The van der Waals surface area contributed by atoms with E-state index >= 15 is 0 Å². The number of hydrogen-bond donors (Lipinski definition) is 0. The van der Waals surface area contributed by atoms with Gasteiger partial charge in [0.15, 0.2) is 0 Å². The van der Waals surface area contributed by atoms with Crippen LogP contribution in [-0.4, -0.2) is 33.1 Å². The fourth-order valence-electron chi connectivity index (χ4n) is 0.606. The predicted octanol–water partition coefficient (Wildman–Crippen LogP) is 2.06. The Kier molecular flexibility index (Phi) is 6.70. The van der Waals surface area contributed by atoms with Crippen LogP contribution in [0.15, 0.2) is 0 Å². The van der Waals surface area contributed by atoms with Crippen molar-refractivity contribution in [2.24, 2.45) is 0 Å². The van der Waals surface area contributed by atoms with Crippen LogP contribution in [0.3, 0.4) is 0 Å². The molecule has 0 rings (SSSR count). The summed E-state index contributed by atoms with van der Waals surface area (Å²) < 4.78 is 5.53. The summed E-state index contributed by atoms with van der Waals surface area (Å²) in [6.07, 6.45) is 0.920. The number of hydrogen-bond acceptors (Lipinski definition) is 3. The number of carbonyl (C=O) groups excluding carboxylic acids is 1. The Balaban J connectivity index is 3.96. The summed E-state index contributed by atoms with van der Waals surface area (Å²) in [5.74, 6) is 0.234. The minimum absolute atomic E-state index is 0.207. The first kappa shape index (κ1) is 12.8. The second-order valence-electron chi connectivity index (χ2n) is 2.32. The van der Waals surface area contributed by atoms with E-state index in [0.29, 0.717) is 11.9 Å². The van der Waals surface area contributed by atoms with Crippen molar-refractivity contribution < 1.29 is 9.32 Å². The Morgan fingerprint density at radius 1 is 1.58 bits per heavy atom. The van der Waals surface area contributed by atoms with E-state index in [-0.39, 0.29) is 20.3 Å². The molecule has 0 fully saturated rings. The first-order valence-electron chi connectivity index (χ1n) is 3.91. The van der Waals surface area contributed by atoms with Crippen LogP contribution in [-0.2, 0) is 21.1 Å². The monoisotopic (exact) mass is 274 g/mol. The third-order valence-corrected chi connectivity index (χ3v) is 12.3. The first-order valence-corrected chi connectivity index (χ1v) is 10.2. The summed E-state index contributed by atoms with van der Waals surface area (Å²) in [5.41, 5.74) is 0. The average Bonchev–Trinajstić information content (AvgIpc) is 2.02. The summed E-state index contributed by atoms with van der Waals surface area (Å²) in [6.45, 7) is 6.31. The molecule has 0 aliphatic carbocycles. The van der Waals surface area contributed by atoms with Crippen LogP contribution in [0.4, 0.5) is 0 Å². The molecule has 0 aromatic rings. The van der Waals surface area contributed by atoms with Gasteiger partial charge in [0.2, 0.25) is 0 Å². The molecular formula is C7H15O2PSSe. The van der Waals surface area contributed by atoms with Crippen molar-refractivity contribution in [1.29, 1.82) is 0 Å². The fraction of sp³-hybridized carbons (Fsp3) is 0.857. The van der Waals surface area contributed by atoms with Crippen LogP contribution in [0.1, 0.15) is 20.8 Å². The molecule has 1 atom stereocenters. The zero-order valence-corrected chi connectivity index (χ0v) is 11.1. The van der Waals surface area contributed by atoms with Gasteiger partial charge in [0.1, 0.15) is 0 Å². The van der Waals surface area contributed by atoms with Crippen molar-refractivity contribution in [2.75, 3.05) is 12.8 Å². The van der Waals surface area contributed by atoms with E-state index in [1.807, 2.05) is 6.92 Å². The Morgan fingerprint density at radius 3 is 2.50 bits per heavy atom. The van der Waals surface area contributed by atoms with Gasteiger partial charge in [0, 0.05) is 0 Å². The Hall–Kier alpha value is 0.799. The molecule has 0 bridgehead atoms. The zero-order chi connectivity index (χ0) is 9.61. The quantitative estimate of drug-likeness (QED) is 0.547. The van der Waals surface area contributed by atoms with Crippen LogP contribution in [0.5, 0.6) is 0 Å². The number of Topliss-reactive ketones (excluding diaryl/α,β-unsaturated/α-hetero) is 1. The van der Waals surface area contributed by atoms with Gasteiger partial charge < -0.3 is 0 Å². The molecule has 0 aromatic heterocycles. The van der Waals surface area contributed by atoms with Gasteiger partial charge in [-0.2, -0.15) is 0 Å². The van der Waals surface area contributed by atoms with E-state index in [9.17, 15) is 4.79 Å². The number of carbonyl (C=O) groups is 1. The molecule has 5 heteroatoms. The molecule has 0 saturated carbocycles. The summed E-state index contributed by atoms with van der Waals surface area (Å²) in [4.78, 5) is 9.16. The molecule has 2 nitrogen and oxygen atoms in total. The van der Waals surface area contributed by atoms with E-state index < -0.39 is 4.95 Å². The molecule has 0 heterocycles. The SMILES string of the molecule is CCOP(=S)(CC)[Se]CC(C)=O. The molecule has 0 saturated heterocycles. The van der Waals surface area contributed by atoms with E-state index in [1.165, 1.54) is 0 Å². The third-order valence-electron chi connectivity index (χ3n) is 1.18. The first-order chi connectivity index (χ1) is 5.54. The van der Waals surface area contributed by atoms with Crippen LogP contribution >= 0.6 is 4.95 Å². The molecule has 12 heavy (non-hydrogen) atoms. The van der Waals surface area contributed by atoms with Gasteiger partial charge in [-0.05, 0) is 0 Å². The van der Waals surface area contributed by atoms with Gasteiger partial charge >= 0.3 is 85.2 Å². The topological polar surface area (TPSA) is 26.3 Å². The van der Waals surface area contributed by atoms with Crippen LogP contribution < -0.4 is 0 Å². The molecule has 1 unspecified atom stereocenters. The van der Waals surface area contributed by atoms with Crippen molar-refractivity contribution in [3.8, 4) is 0 Å². The van der Waals surface area contributed by atoms with Crippen molar-refractivity contribution >= 4 is 37.1 Å². The molecule has 0 aliphatic rings. The summed E-state index contributed by atoms with van der Waals surface area (Å²) in [5, 5.41) is 0.637. The Bertz CT molecular complexity index is 196. The van der Waals surface area contributed by atoms with Crippen molar-refractivity contribution in [3.63, 3.8) is 0 Å². The summed E-state index contributed by atoms with van der Waals surface area (Å²) in [6, 6.07) is 0. The molecule has 0 N–H and O–H groups in total. The van der Waals surface area contributed by atoms with E-state index in [0.717, 1.165) is 6.16 Å². The molecule has 0 amide bonds. The van der Waals surface area contributed by atoms with Crippen molar-refractivity contribution in [3.05, 3.63) is 0 Å². The van der Waals surface area contributed by atoms with Gasteiger partial charge in [-0.3, -0.25) is 0 Å². The third kappa shape index (κ3) is 5.45. The molecule has 0 aliphatic heterocycles. The standard InChI is InChI=1S/C7H15O2PSSe/c1-4-9-10(11,5-2)12-6-7(3)8/h4-6H2,1-3H3. The van der Waals surface area contributed by atoms with Gasteiger partial charge in [-0.15, -0.1) is 0 Å². The van der Waals surface area contributed by atoms with Crippen LogP contribution in [0.2, 0.25) is 5.32 Å². The summed E-state index contributed by atoms with van der Waals surface area (Å²) >= 11 is 5.59. The average molecular weight is 273 g/mol. The minimum atomic E-state index is -1.58. The zero-order valence-electron chi connectivity index (χ0n) is 7.70. The second-order valence-corrected chi connectivity index (χ2v) is 14.0. The Labute approximate surface area is 85.3 Å². The van der Waals surface area contributed by atoms with E-state index in [1.54, 1.807) is 6.92 Å². The van der Waals surface area contributed by atoms with E-state index in [4.69, 9.17) is 16.3 Å². The van der Waals surface area contributed by atoms with Gasteiger partial charge in [-0.1, -0.05) is 0 Å². The maximum absolute atomic E-state index is 10.7. The maximum atomic E-state index is 10.7. The number of rotatable bonds is 6. The normalized spacial score (nSPS) is 15.6. The van der Waals surface area contributed by atoms with Crippen molar-refractivity contribution in [1.82, 2.24) is 0 Å². The van der Waals surface area contributed by atoms with Gasteiger partial charge in [0.25, 0.3) is 0 Å². The van der Waals surface area contributed by atoms with Gasteiger partial charge in [-0.25, -0.2) is 0 Å². The molecule has 0 radical (unpaired) electrons. The van der Waals surface area contributed by atoms with E-state index in [2.05, 4.69) is 6.92 Å². The second kappa shape index (κ2) is 6.28. The molecular weight excluding hydrogens is 258 g/mol. The Morgan fingerprint density at radius 2 is 2.17 bits per heavy atom. The number of ketones is 1. The van der Waals surface area contributed by atoms with Crippen molar-refractivity contribution in [2.45, 2.75) is 26.1 Å². The predicted molar refractivity (Wildman–Crippen MR) is 57.7 cm³/mol. The fourth-order valence-corrected chi connectivity index (χ4v) is 7.62. The molecule has 72 valence electrons. The summed E-state index contributed by atoms with van der Waals surface area (Å²) in [7, 11) is 0. The molecule has 0 spiro atoms. The van der Waals surface area contributed by atoms with Crippen LogP contribution in [0.25, 0.3) is 0 Å². The molecule has 0 aromatic carbocycles. The van der Waals surface area contributed by atoms with Gasteiger partial charge in [0.05, 0.1) is 0 Å².